The summed E-state index contributed by atoms with van der Waals surface area (Å²) < 4.78 is 0. The van der Waals surface area contributed by atoms with E-state index in [2.05, 4.69) is 6.58 Å². The molecule has 0 atom stereocenters. The third-order valence-corrected chi connectivity index (χ3v) is 0.618. The molecule has 0 bridgehead atoms. The molecule has 0 N–H and O–H groups in total. The topological polar surface area (TPSA) is 17.1 Å². The molecule has 0 aromatic heterocycles. The number of hydrogen-bond donors (Lipinski definition) is 0. The van der Waals surface area contributed by atoms with Gasteiger partial charge in [-0.25, -0.2) is 0 Å². The lowest BCUT2D eigenvalue weighted by atomic mass is 10.00. The van der Waals surface area contributed by atoms with Gasteiger partial charge in [0, 0.05) is 6.42 Å². The van der Waals surface area contributed by atoms with Gasteiger partial charge in [-0.3, -0.25) is 4.79 Å². The van der Waals surface area contributed by atoms with Gasteiger partial charge in [0.1, 0.15) is 0 Å². The second-order valence-corrected chi connectivity index (χ2v) is 1.21. The van der Waals surface area contributed by atoms with Gasteiger partial charge in [-0.1, -0.05) is 12.9 Å². The minimum absolute atomic E-state index is 0.0162. The lowest BCUT2D eigenvalue weighted by molar-refractivity contribution is -0.114. The van der Waals surface area contributed by atoms with E-state index in [1.54, 1.807) is 0 Å². The molecule has 2 heteroatoms. The predicted octanol–water partition coefficient (Wildman–Crippen LogP) is 0.718. The van der Waals surface area contributed by atoms with Crippen LogP contribution >= 0.6 is 0 Å². The molecule has 0 heterocycles. The van der Waals surface area contributed by atoms with Gasteiger partial charge in [-0.05, 0) is 6.08 Å². The van der Waals surface area contributed by atoms with Crippen molar-refractivity contribution in [1.82, 2.24) is 0 Å². The second-order valence-electron chi connectivity index (χ2n) is 1.21. The number of hydrogen-bond acceptors (Lipinski definition) is 1. The van der Waals surface area contributed by atoms with Gasteiger partial charge in [0.05, 0.1) is 7.85 Å². The predicted molar refractivity (Wildman–Crippen MR) is 30.4 cm³/mol. The Morgan fingerprint density at radius 1 is 1.86 bits per heavy atom. The minimum atomic E-state index is 0.0162. The van der Waals surface area contributed by atoms with Crippen molar-refractivity contribution < 1.29 is 4.79 Å². The third kappa shape index (κ3) is 3.30. The van der Waals surface area contributed by atoms with E-state index in [1.165, 1.54) is 6.08 Å². The van der Waals surface area contributed by atoms with Crippen molar-refractivity contribution in [1.29, 1.82) is 0 Å². The van der Waals surface area contributed by atoms with Gasteiger partial charge >= 0.3 is 0 Å². The Morgan fingerprint density at radius 3 is 2.57 bits per heavy atom. The number of ketones is 1. The summed E-state index contributed by atoms with van der Waals surface area (Å²) in [5.41, 5.74) is 0. The van der Waals surface area contributed by atoms with Gasteiger partial charge in [0.15, 0.2) is 5.78 Å². The van der Waals surface area contributed by atoms with E-state index in [0.29, 0.717) is 12.7 Å². The molecule has 0 saturated carbocycles. The molecule has 7 heavy (non-hydrogen) atoms. The normalized spacial score (nSPS) is 8.00. The molecular weight excluding hydrogens is 86.9 g/mol. The Balaban J connectivity index is 3.17. The van der Waals surface area contributed by atoms with Crippen LogP contribution in [-0.2, 0) is 4.79 Å². The fourth-order valence-corrected chi connectivity index (χ4v) is 0.244. The Hall–Kier alpha value is -0.525. The van der Waals surface area contributed by atoms with Crippen molar-refractivity contribution in [2.75, 3.05) is 0 Å². The van der Waals surface area contributed by atoms with Crippen LogP contribution < -0.4 is 0 Å². The first-order chi connectivity index (χ1) is 3.31. The molecule has 0 unspecified atom stereocenters. The van der Waals surface area contributed by atoms with Gasteiger partial charge in [0.2, 0.25) is 0 Å². The van der Waals surface area contributed by atoms with E-state index in [9.17, 15) is 4.79 Å². The monoisotopic (exact) mass is 94.1 g/mol. The van der Waals surface area contributed by atoms with Crippen LogP contribution in [0.3, 0.4) is 0 Å². The first kappa shape index (κ1) is 6.47. The minimum Gasteiger partial charge on any atom is -0.295 e. The maximum atomic E-state index is 10.2. The summed E-state index contributed by atoms with van der Waals surface area (Å²) >= 11 is 0. The van der Waals surface area contributed by atoms with Gasteiger partial charge < -0.3 is 0 Å². The molecule has 0 aliphatic rings. The molecule has 0 aromatic rings. The van der Waals surface area contributed by atoms with Crippen molar-refractivity contribution in [3.63, 3.8) is 0 Å². The van der Waals surface area contributed by atoms with E-state index in [-0.39, 0.29) is 5.78 Å². The summed E-state index contributed by atoms with van der Waals surface area (Å²) in [6.45, 7) is 3.27. The fraction of sp³-hybridized carbons (Fsp3) is 0.400. The molecule has 1 nitrogen and oxygen atoms in total. The number of carbonyl (C=O) groups excluding carboxylic acids is 1. The largest absolute Gasteiger partial charge is 0.295 e. The van der Waals surface area contributed by atoms with Crippen LogP contribution in [0.5, 0.6) is 0 Å². The van der Waals surface area contributed by atoms with E-state index in [1.807, 2.05) is 0 Å². The highest BCUT2D eigenvalue weighted by Gasteiger charge is 1.87. The average molecular weight is 93.9 g/mol. The molecule has 0 aliphatic heterocycles. The molecule has 36 valence electrons. The van der Waals surface area contributed by atoms with Crippen molar-refractivity contribution in [2.24, 2.45) is 0 Å². The van der Waals surface area contributed by atoms with Gasteiger partial charge in [-0.2, -0.15) is 0 Å². The highest BCUT2D eigenvalue weighted by Crippen LogP contribution is 1.85. The van der Waals surface area contributed by atoms with E-state index in [0.717, 1.165) is 0 Å². The molecule has 0 aliphatic carbocycles. The van der Waals surface area contributed by atoms with E-state index in [4.69, 9.17) is 7.85 Å². The molecule has 0 spiro atoms. The Morgan fingerprint density at radius 2 is 2.43 bits per heavy atom. The zero-order chi connectivity index (χ0) is 5.70. The smallest absolute Gasteiger partial charge is 0.154 e. The van der Waals surface area contributed by atoms with E-state index < -0.39 is 0 Å². The van der Waals surface area contributed by atoms with Crippen LogP contribution in [-0.4, -0.2) is 13.6 Å². The zero-order valence-corrected chi connectivity index (χ0v) is 4.18. The van der Waals surface area contributed by atoms with Crippen LogP contribution in [0.2, 0.25) is 6.32 Å². The molecule has 2 radical (unpaired) electrons. The second kappa shape index (κ2) is 3.66. The molecule has 0 fully saturated rings. The Bertz CT molecular complexity index is 78.1. The standard InChI is InChI=1S/C5H7BO/c1-2-5(7)3-4-6/h2H,1,3-4H2. The zero-order valence-electron chi connectivity index (χ0n) is 4.18. The maximum Gasteiger partial charge on any atom is 0.154 e. The Labute approximate surface area is 44.8 Å². The molecular formula is C5H7BO. The molecule has 0 rings (SSSR count). The van der Waals surface area contributed by atoms with Crippen LogP contribution in [0.4, 0.5) is 0 Å². The number of rotatable bonds is 3. The van der Waals surface area contributed by atoms with Gasteiger partial charge in [-0.15, -0.1) is 0 Å². The van der Waals surface area contributed by atoms with Crippen molar-refractivity contribution in [3.8, 4) is 0 Å². The van der Waals surface area contributed by atoms with Crippen LogP contribution in [0.1, 0.15) is 6.42 Å². The summed E-state index contributed by atoms with van der Waals surface area (Å²) in [7, 11) is 5.04. The average Bonchev–Trinajstić information content (AvgIpc) is 1.68. The summed E-state index contributed by atoms with van der Waals surface area (Å²) in [5.74, 6) is 0.0162. The molecule has 0 saturated heterocycles. The quantitative estimate of drug-likeness (QED) is 0.372. The number of carbonyl (C=O) groups is 1. The highest BCUT2D eigenvalue weighted by molar-refractivity contribution is 6.10. The van der Waals surface area contributed by atoms with Crippen LogP contribution in [0.25, 0.3) is 0 Å². The molecule has 0 aromatic carbocycles. The Kier molecular flexibility index (Phi) is 3.38. The van der Waals surface area contributed by atoms with Crippen molar-refractivity contribution in [3.05, 3.63) is 12.7 Å². The van der Waals surface area contributed by atoms with Crippen molar-refractivity contribution >= 4 is 13.6 Å². The van der Waals surface area contributed by atoms with Gasteiger partial charge in [0.25, 0.3) is 0 Å². The first-order valence-electron chi connectivity index (χ1n) is 2.16. The first-order valence-corrected chi connectivity index (χ1v) is 2.16. The lowest BCUT2D eigenvalue weighted by Gasteiger charge is -1.83. The summed E-state index contributed by atoms with van der Waals surface area (Å²) in [5, 5.41) is 0. The fourth-order valence-electron chi connectivity index (χ4n) is 0.244. The molecule has 0 amide bonds. The van der Waals surface area contributed by atoms with Crippen molar-refractivity contribution in [2.45, 2.75) is 12.7 Å². The summed E-state index contributed by atoms with van der Waals surface area (Å²) in [6, 6.07) is 0. The maximum absolute atomic E-state index is 10.2. The number of allylic oxidation sites excluding steroid dienone is 1. The lowest BCUT2D eigenvalue weighted by Crippen LogP contribution is -1.88. The van der Waals surface area contributed by atoms with E-state index >= 15 is 0 Å². The van der Waals surface area contributed by atoms with Crippen LogP contribution in [0, 0.1) is 0 Å². The SMILES string of the molecule is [B]CCC(=O)C=C. The van der Waals surface area contributed by atoms with Crippen LogP contribution in [0.15, 0.2) is 12.7 Å². The summed E-state index contributed by atoms with van der Waals surface area (Å²) in [6.07, 6.45) is 2.13. The third-order valence-electron chi connectivity index (χ3n) is 0.618. The highest BCUT2D eigenvalue weighted by atomic mass is 16.1. The summed E-state index contributed by atoms with van der Waals surface area (Å²) in [4.78, 5) is 10.2.